The van der Waals surface area contributed by atoms with Gasteiger partial charge in [-0.15, -0.1) is 11.6 Å². The molecule has 118 valence electrons. The first-order valence-corrected chi connectivity index (χ1v) is 7.94. The third-order valence-electron chi connectivity index (χ3n) is 4.02. The van der Waals surface area contributed by atoms with Crippen molar-refractivity contribution >= 4 is 39.5 Å². The molecule has 21 heavy (non-hydrogen) atoms. The number of nitrogens with one attached hydrogen (secondary N) is 1. The molecule has 1 aliphatic carbocycles. The number of hydrogen-bond donors (Lipinski definition) is 2. The highest BCUT2D eigenvalue weighted by atomic mass is 79.9. The summed E-state index contributed by atoms with van der Waals surface area (Å²) >= 11 is 8.70. The van der Waals surface area contributed by atoms with E-state index >= 15 is 0 Å². The monoisotopic (exact) mass is 381 g/mol. The van der Waals surface area contributed by atoms with E-state index in [1.165, 1.54) is 0 Å². The van der Waals surface area contributed by atoms with Gasteiger partial charge in [-0.3, -0.25) is 10.1 Å². The summed E-state index contributed by atoms with van der Waals surface area (Å²) in [6, 6.07) is 0. The van der Waals surface area contributed by atoms with Crippen LogP contribution in [0.3, 0.4) is 0 Å². The minimum atomic E-state index is -1.33. The second kappa shape index (κ2) is 5.87. The molecular formula is C13H17BrClNO5. The third kappa shape index (κ3) is 2.84. The molecular weight excluding hydrogens is 366 g/mol. The topological polar surface area (TPSA) is 88.2 Å². The molecule has 4 atom stereocenters. The summed E-state index contributed by atoms with van der Waals surface area (Å²) in [6.07, 6.45) is -0.440. The number of alkyl halides is 2. The number of halogens is 2. The SMILES string of the molecule is C=C(C)[C@@]1(O)[C@H](Br)[C@H](OC(=O)NC(=O)CCl)CC[C@]12CO2. The first kappa shape index (κ1) is 16.7. The van der Waals surface area contributed by atoms with Crippen molar-refractivity contribution in [3.8, 4) is 0 Å². The fourth-order valence-corrected chi connectivity index (χ4v) is 3.99. The van der Waals surface area contributed by atoms with Gasteiger partial charge in [-0.05, 0) is 25.3 Å². The van der Waals surface area contributed by atoms with Gasteiger partial charge in [0.2, 0.25) is 5.91 Å². The number of hydrogen-bond acceptors (Lipinski definition) is 5. The van der Waals surface area contributed by atoms with Crippen LogP contribution in [0.1, 0.15) is 19.8 Å². The van der Waals surface area contributed by atoms with Crippen LogP contribution in [0.5, 0.6) is 0 Å². The minimum Gasteiger partial charge on any atom is -0.445 e. The summed E-state index contributed by atoms with van der Waals surface area (Å²) in [6.45, 7) is 5.98. The zero-order valence-electron chi connectivity index (χ0n) is 11.5. The van der Waals surface area contributed by atoms with Gasteiger partial charge in [0.25, 0.3) is 0 Å². The van der Waals surface area contributed by atoms with Gasteiger partial charge in [-0.25, -0.2) is 4.79 Å². The van der Waals surface area contributed by atoms with Gasteiger partial charge < -0.3 is 14.6 Å². The van der Waals surface area contributed by atoms with Crippen LogP contribution < -0.4 is 5.32 Å². The van der Waals surface area contributed by atoms with Crippen LogP contribution in [0.25, 0.3) is 0 Å². The van der Waals surface area contributed by atoms with Gasteiger partial charge in [0.15, 0.2) is 0 Å². The van der Waals surface area contributed by atoms with Gasteiger partial charge in [0.1, 0.15) is 23.2 Å². The molecule has 1 saturated carbocycles. The average molecular weight is 383 g/mol. The molecule has 1 aliphatic heterocycles. The van der Waals surface area contributed by atoms with E-state index in [9.17, 15) is 14.7 Å². The number of carbonyl (C=O) groups excluding carboxylic acids is 2. The van der Waals surface area contributed by atoms with Gasteiger partial charge in [-0.1, -0.05) is 22.5 Å². The van der Waals surface area contributed by atoms with E-state index in [0.29, 0.717) is 25.0 Å². The number of alkyl carbamates (subject to hydrolysis) is 1. The molecule has 6 nitrogen and oxygen atoms in total. The fraction of sp³-hybridized carbons (Fsp3) is 0.692. The van der Waals surface area contributed by atoms with Crippen LogP contribution >= 0.6 is 27.5 Å². The maximum absolute atomic E-state index is 11.6. The predicted molar refractivity (Wildman–Crippen MR) is 79.5 cm³/mol. The smallest absolute Gasteiger partial charge is 0.414 e. The first-order valence-electron chi connectivity index (χ1n) is 6.49. The molecule has 2 fully saturated rings. The molecule has 2 aliphatic rings. The number of epoxide rings is 1. The summed E-state index contributed by atoms with van der Waals surface area (Å²) in [5, 5.41) is 12.9. The lowest BCUT2D eigenvalue weighted by atomic mass is 9.70. The van der Waals surface area contributed by atoms with Crippen LogP contribution in [0.4, 0.5) is 4.79 Å². The Bertz CT molecular complexity index is 481. The van der Waals surface area contributed by atoms with Crippen molar-refractivity contribution in [2.24, 2.45) is 0 Å². The first-order chi connectivity index (χ1) is 9.76. The molecule has 0 aromatic carbocycles. The van der Waals surface area contributed by atoms with Crippen molar-refractivity contribution < 1.29 is 24.2 Å². The molecule has 2 N–H and O–H groups in total. The second-order valence-electron chi connectivity index (χ2n) is 5.40. The Labute approximate surface area is 135 Å². The van der Waals surface area contributed by atoms with Crippen LogP contribution in [-0.2, 0) is 14.3 Å². The molecule has 2 rings (SSSR count). The van der Waals surface area contributed by atoms with Gasteiger partial charge in [0, 0.05) is 0 Å². The van der Waals surface area contributed by atoms with Crippen molar-refractivity contribution in [2.45, 2.75) is 41.9 Å². The zero-order valence-corrected chi connectivity index (χ0v) is 13.9. The lowest BCUT2D eigenvalue weighted by Gasteiger charge is -2.45. The largest absolute Gasteiger partial charge is 0.445 e. The Hall–Kier alpha value is -0.630. The molecule has 0 aromatic heterocycles. The second-order valence-corrected chi connectivity index (χ2v) is 6.65. The van der Waals surface area contributed by atoms with E-state index in [2.05, 4.69) is 22.5 Å². The molecule has 0 unspecified atom stereocenters. The van der Waals surface area contributed by atoms with Gasteiger partial charge in [-0.2, -0.15) is 0 Å². The Morgan fingerprint density at radius 1 is 1.62 bits per heavy atom. The quantitative estimate of drug-likeness (QED) is 0.438. The fourth-order valence-electron chi connectivity index (χ4n) is 2.74. The Morgan fingerprint density at radius 2 is 2.24 bits per heavy atom. The number of ether oxygens (including phenoxy) is 2. The highest BCUT2D eigenvalue weighted by molar-refractivity contribution is 9.09. The number of imide groups is 1. The molecule has 1 saturated heterocycles. The standard InChI is InChI=1S/C13H17BrClNO5/c1-7(2)13(19)10(14)8(3-4-12(13)6-20-12)21-11(18)16-9(17)5-15/h8,10,19H,1,3-6H2,2H3,(H,16,17,18)/t8-,10-,12+,13-/m1/s1. The van der Waals surface area contributed by atoms with E-state index < -0.39 is 34.1 Å². The van der Waals surface area contributed by atoms with Crippen LogP contribution in [0, 0.1) is 0 Å². The maximum atomic E-state index is 11.6. The Morgan fingerprint density at radius 3 is 2.71 bits per heavy atom. The number of amides is 2. The Kier molecular flexibility index (Phi) is 4.68. The number of aliphatic hydroxyl groups is 1. The van der Waals surface area contributed by atoms with E-state index in [1.54, 1.807) is 6.92 Å². The molecule has 8 heteroatoms. The summed E-state index contributed by atoms with van der Waals surface area (Å²) in [4.78, 5) is 22.1. The highest BCUT2D eigenvalue weighted by Crippen LogP contribution is 2.54. The van der Waals surface area contributed by atoms with Gasteiger partial charge in [0.05, 0.1) is 11.4 Å². The zero-order chi connectivity index (χ0) is 15.8. The van der Waals surface area contributed by atoms with Crippen LogP contribution in [-0.4, -0.2) is 51.7 Å². The van der Waals surface area contributed by atoms with Crippen LogP contribution in [0.15, 0.2) is 12.2 Å². The van der Waals surface area contributed by atoms with E-state index in [4.69, 9.17) is 21.1 Å². The van der Waals surface area contributed by atoms with Crippen molar-refractivity contribution in [3.63, 3.8) is 0 Å². The van der Waals surface area contributed by atoms with E-state index in [1.807, 2.05) is 5.32 Å². The van der Waals surface area contributed by atoms with Crippen molar-refractivity contribution in [2.75, 3.05) is 12.5 Å². The normalized spacial score (nSPS) is 37.9. The molecule has 0 aromatic rings. The average Bonchev–Trinajstić information content (AvgIpc) is 3.20. The minimum absolute atomic E-state index is 0.329. The summed E-state index contributed by atoms with van der Waals surface area (Å²) in [5.41, 5.74) is -1.45. The Balaban J connectivity index is 2.08. The van der Waals surface area contributed by atoms with Crippen LogP contribution in [0.2, 0.25) is 0 Å². The molecule has 0 radical (unpaired) electrons. The summed E-state index contributed by atoms with van der Waals surface area (Å²) < 4.78 is 10.7. The van der Waals surface area contributed by atoms with E-state index in [-0.39, 0.29) is 5.88 Å². The lowest BCUT2D eigenvalue weighted by molar-refractivity contribution is -0.118. The lowest BCUT2D eigenvalue weighted by Crippen LogP contribution is -2.61. The third-order valence-corrected chi connectivity index (χ3v) is 5.51. The van der Waals surface area contributed by atoms with Crippen molar-refractivity contribution in [3.05, 3.63) is 12.2 Å². The van der Waals surface area contributed by atoms with E-state index in [0.717, 1.165) is 0 Å². The van der Waals surface area contributed by atoms with Gasteiger partial charge >= 0.3 is 6.09 Å². The molecule has 1 heterocycles. The number of carbonyl (C=O) groups is 2. The number of rotatable bonds is 3. The molecule has 0 bridgehead atoms. The predicted octanol–water partition coefficient (Wildman–Crippen LogP) is 1.48. The molecule has 2 amide bonds. The molecule has 1 spiro atoms. The summed E-state index contributed by atoms with van der Waals surface area (Å²) in [5.74, 6) is -0.967. The van der Waals surface area contributed by atoms with Crippen molar-refractivity contribution in [1.29, 1.82) is 0 Å². The highest BCUT2D eigenvalue weighted by Gasteiger charge is 2.68. The van der Waals surface area contributed by atoms with Crippen molar-refractivity contribution in [1.82, 2.24) is 5.32 Å². The maximum Gasteiger partial charge on any atom is 0.414 e. The summed E-state index contributed by atoms with van der Waals surface area (Å²) in [7, 11) is 0.